The second-order valence-electron chi connectivity index (χ2n) is 6.93. The van der Waals surface area contributed by atoms with Gasteiger partial charge in [-0.1, -0.05) is 41.1 Å². The Labute approximate surface area is 191 Å². The molecule has 0 fully saturated rings. The normalized spacial score (nSPS) is 10.8. The van der Waals surface area contributed by atoms with Crippen molar-refractivity contribution in [3.63, 3.8) is 0 Å². The van der Waals surface area contributed by atoms with Gasteiger partial charge in [0.2, 0.25) is 11.8 Å². The Morgan fingerprint density at radius 1 is 1.16 bits per heavy atom. The third kappa shape index (κ3) is 5.18. The summed E-state index contributed by atoms with van der Waals surface area (Å²) in [4.78, 5) is 27.1. The average Bonchev–Trinajstić information content (AvgIpc) is 3.41. The number of nitrogens with one attached hydrogen (secondary N) is 1. The molecule has 0 atom stereocenters. The minimum Gasteiger partial charge on any atom is -0.411 e. The summed E-state index contributed by atoms with van der Waals surface area (Å²) in [5.74, 6) is 0.197. The smallest absolute Gasteiger partial charge is 0.277 e. The van der Waals surface area contributed by atoms with Crippen molar-refractivity contribution in [3.05, 3.63) is 69.1 Å². The lowest BCUT2D eigenvalue weighted by Gasteiger charge is -2.00. The van der Waals surface area contributed by atoms with E-state index < -0.39 is 4.92 Å². The molecular weight excluding hydrogens is 450 g/mol. The Morgan fingerprint density at radius 3 is 2.69 bits per heavy atom. The highest BCUT2D eigenvalue weighted by atomic mass is 32.2. The molecule has 2 aromatic heterocycles. The van der Waals surface area contributed by atoms with Crippen LogP contribution in [0.25, 0.3) is 22.7 Å². The molecule has 11 heteroatoms. The van der Waals surface area contributed by atoms with E-state index in [9.17, 15) is 14.9 Å². The zero-order chi connectivity index (χ0) is 22.7. The molecule has 2 heterocycles. The molecule has 4 aromatic rings. The van der Waals surface area contributed by atoms with E-state index in [2.05, 4.69) is 26.6 Å². The first-order valence-electron chi connectivity index (χ1n) is 9.42. The van der Waals surface area contributed by atoms with Crippen LogP contribution in [0.2, 0.25) is 0 Å². The number of thioether (sulfide) groups is 1. The zero-order valence-electron chi connectivity index (χ0n) is 17.1. The van der Waals surface area contributed by atoms with Gasteiger partial charge in [0, 0.05) is 28.6 Å². The average molecular weight is 468 g/mol. The minimum atomic E-state index is -0.459. The van der Waals surface area contributed by atoms with Crippen molar-refractivity contribution in [3.8, 4) is 22.7 Å². The number of carbonyl (C=O) groups excluding carboxylic acids is 1. The Morgan fingerprint density at radius 2 is 1.94 bits per heavy atom. The first kappa shape index (κ1) is 21.7. The van der Waals surface area contributed by atoms with Crippen LogP contribution in [-0.4, -0.2) is 31.8 Å². The number of nitrogens with zero attached hydrogens (tertiary/aromatic N) is 4. The van der Waals surface area contributed by atoms with Gasteiger partial charge in [0.05, 0.1) is 16.4 Å². The molecule has 0 bridgehead atoms. The van der Waals surface area contributed by atoms with Crippen molar-refractivity contribution in [1.82, 2.24) is 15.2 Å². The fourth-order valence-electron chi connectivity index (χ4n) is 3.01. The molecule has 32 heavy (non-hydrogen) atoms. The number of aryl methyl sites for hydroxylation is 2. The molecule has 0 radical (unpaired) electrons. The van der Waals surface area contributed by atoms with E-state index in [1.54, 1.807) is 17.5 Å². The van der Waals surface area contributed by atoms with Crippen molar-refractivity contribution >= 4 is 39.8 Å². The first-order chi connectivity index (χ1) is 15.4. The number of aromatic nitrogens is 3. The van der Waals surface area contributed by atoms with Crippen LogP contribution >= 0.6 is 23.1 Å². The molecular formula is C21H17N5O4S2. The maximum Gasteiger partial charge on any atom is 0.277 e. The van der Waals surface area contributed by atoms with Crippen LogP contribution in [0.3, 0.4) is 0 Å². The van der Waals surface area contributed by atoms with Gasteiger partial charge in [-0.05, 0) is 26.0 Å². The van der Waals surface area contributed by atoms with Crippen LogP contribution in [0.15, 0.2) is 57.5 Å². The Hall–Kier alpha value is -3.57. The van der Waals surface area contributed by atoms with Gasteiger partial charge >= 0.3 is 0 Å². The molecule has 9 nitrogen and oxygen atoms in total. The van der Waals surface area contributed by atoms with E-state index in [0.717, 1.165) is 28.5 Å². The van der Waals surface area contributed by atoms with Gasteiger partial charge in [0.1, 0.15) is 0 Å². The third-order valence-corrected chi connectivity index (χ3v) is 5.88. The van der Waals surface area contributed by atoms with Gasteiger partial charge in [-0.15, -0.1) is 21.5 Å². The van der Waals surface area contributed by atoms with Crippen LogP contribution in [-0.2, 0) is 4.79 Å². The van der Waals surface area contributed by atoms with Gasteiger partial charge in [0.15, 0.2) is 5.13 Å². The summed E-state index contributed by atoms with van der Waals surface area (Å²) in [6.07, 6.45) is 0. The highest BCUT2D eigenvalue weighted by molar-refractivity contribution is 7.99. The molecule has 2 aromatic carbocycles. The van der Waals surface area contributed by atoms with Crippen molar-refractivity contribution < 1.29 is 14.1 Å². The maximum absolute atomic E-state index is 12.3. The second-order valence-corrected chi connectivity index (χ2v) is 8.72. The zero-order valence-corrected chi connectivity index (χ0v) is 18.7. The van der Waals surface area contributed by atoms with E-state index in [4.69, 9.17) is 4.42 Å². The van der Waals surface area contributed by atoms with Gasteiger partial charge in [-0.3, -0.25) is 14.9 Å². The van der Waals surface area contributed by atoms with Crippen molar-refractivity contribution in [2.24, 2.45) is 0 Å². The molecule has 4 rings (SSSR count). The fourth-order valence-corrected chi connectivity index (χ4v) is 4.31. The minimum absolute atomic E-state index is 0.0164. The molecule has 0 saturated carbocycles. The summed E-state index contributed by atoms with van der Waals surface area (Å²) in [6.45, 7) is 3.99. The highest BCUT2D eigenvalue weighted by Gasteiger charge is 2.14. The van der Waals surface area contributed by atoms with Gasteiger partial charge < -0.3 is 9.73 Å². The molecule has 1 amide bonds. The van der Waals surface area contributed by atoms with Crippen LogP contribution in [0.4, 0.5) is 10.8 Å². The SMILES string of the molecule is Cc1cc(C)cc(-c2nnc(SCC(=O)Nc3nc(-c4cccc([N+](=O)[O-])c4)cs3)o2)c1. The third-order valence-electron chi connectivity index (χ3n) is 4.31. The van der Waals surface area contributed by atoms with Gasteiger partial charge in [-0.2, -0.15) is 0 Å². The lowest BCUT2D eigenvalue weighted by Crippen LogP contribution is -2.13. The monoisotopic (exact) mass is 467 g/mol. The Bertz CT molecular complexity index is 1280. The number of anilines is 1. The highest BCUT2D eigenvalue weighted by Crippen LogP contribution is 2.28. The van der Waals surface area contributed by atoms with E-state index in [1.807, 2.05) is 26.0 Å². The number of hydrogen-bond acceptors (Lipinski definition) is 9. The molecule has 1 N–H and O–H groups in total. The number of hydrogen-bond donors (Lipinski definition) is 1. The Balaban J connectivity index is 1.36. The Kier molecular flexibility index (Phi) is 6.28. The van der Waals surface area contributed by atoms with Crippen LogP contribution in [0, 0.1) is 24.0 Å². The summed E-state index contributed by atoms with van der Waals surface area (Å²) in [7, 11) is 0. The fraction of sp³-hybridized carbons (Fsp3) is 0.143. The van der Waals surface area contributed by atoms with Crippen LogP contribution in [0.1, 0.15) is 11.1 Å². The van der Waals surface area contributed by atoms with Crippen molar-refractivity contribution in [1.29, 1.82) is 0 Å². The van der Waals surface area contributed by atoms with E-state index in [1.165, 1.54) is 23.5 Å². The quantitative estimate of drug-likeness (QED) is 0.226. The molecule has 0 unspecified atom stereocenters. The largest absolute Gasteiger partial charge is 0.411 e. The molecule has 0 aliphatic heterocycles. The van der Waals surface area contributed by atoms with E-state index in [0.29, 0.717) is 27.5 Å². The topological polar surface area (TPSA) is 124 Å². The van der Waals surface area contributed by atoms with Crippen molar-refractivity contribution in [2.75, 3.05) is 11.1 Å². The summed E-state index contributed by atoms with van der Waals surface area (Å²) in [5, 5.41) is 24.1. The molecule has 0 aliphatic rings. The molecule has 162 valence electrons. The number of non-ortho nitro benzene ring substituents is 1. The first-order valence-corrected chi connectivity index (χ1v) is 11.3. The van der Waals surface area contributed by atoms with Crippen LogP contribution in [0.5, 0.6) is 0 Å². The lowest BCUT2D eigenvalue weighted by atomic mass is 10.1. The van der Waals surface area contributed by atoms with Crippen LogP contribution < -0.4 is 5.32 Å². The lowest BCUT2D eigenvalue weighted by molar-refractivity contribution is -0.384. The summed E-state index contributed by atoms with van der Waals surface area (Å²) in [6, 6.07) is 12.2. The summed E-state index contributed by atoms with van der Waals surface area (Å²) >= 11 is 2.37. The van der Waals surface area contributed by atoms with E-state index >= 15 is 0 Å². The van der Waals surface area contributed by atoms with E-state index in [-0.39, 0.29) is 17.3 Å². The molecule has 0 spiro atoms. The van der Waals surface area contributed by atoms with Gasteiger partial charge in [-0.25, -0.2) is 4.98 Å². The number of nitro benzene ring substituents is 1. The standard InChI is InChI=1S/C21H17N5O4S2/c1-12-6-13(2)8-15(7-12)19-24-25-21(30-19)32-11-18(27)23-20-22-17(10-31-20)14-4-3-5-16(9-14)26(28)29/h3-10H,11H2,1-2H3,(H,22,23,27). The molecule has 0 saturated heterocycles. The number of rotatable bonds is 7. The summed E-state index contributed by atoms with van der Waals surface area (Å²) in [5.41, 5.74) is 4.17. The molecule has 0 aliphatic carbocycles. The second kappa shape index (κ2) is 9.28. The van der Waals surface area contributed by atoms with Gasteiger partial charge in [0.25, 0.3) is 10.9 Å². The number of carbonyl (C=O) groups is 1. The predicted molar refractivity (Wildman–Crippen MR) is 123 cm³/mol. The number of thiazole rings is 1. The maximum atomic E-state index is 12.3. The predicted octanol–water partition coefficient (Wildman–Crippen LogP) is 5.12. The summed E-state index contributed by atoms with van der Waals surface area (Å²) < 4.78 is 5.67. The number of amides is 1. The number of nitro groups is 1. The van der Waals surface area contributed by atoms with Crippen molar-refractivity contribution in [2.45, 2.75) is 19.1 Å². The number of benzene rings is 2.